The maximum Gasteiger partial charge on any atom is 0.191 e. The molecule has 9 heteroatoms. The van der Waals surface area contributed by atoms with Gasteiger partial charge in [0.2, 0.25) is 0 Å². The zero-order chi connectivity index (χ0) is 19.3. The fourth-order valence-corrected chi connectivity index (χ4v) is 4.23. The van der Waals surface area contributed by atoms with Gasteiger partial charge in [0.05, 0.1) is 5.69 Å². The molecule has 28 heavy (non-hydrogen) atoms. The van der Waals surface area contributed by atoms with Crippen LogP contribution in [0.5, 0.6) is 5.75 Å². The lowest BCUT2D eigenvalue weighted by molar-refractivity contribution is 0.305. The van der Waals surface area contributed by atoms with Gasteiger partial charge in [0, 0.05) is 41.2 Å². The quantitative estimate of drug-likeness (QED) is 0.391. The number of hydrogen-bond donors (Lipinski definition) is 0. The minimum atomic E-state index is 0.438. The summed E-state index contributed by atoms with van der Waals surface area (Å²) < 4.78 is 7.73. The number of benzene rings is 1. The van der Waals surface area contributed by atoms with Gasteiger partial charge in [-0.3, -0.25) is 4.98 Å². The lowest BCUT2D eigenvalue weighted by atomic mass is 10.2. The van der Waals surface area contributed by atoms with Crippen molar-refractivity contribution in [3.63, 3.8) is 0 Å². The minimum absolute atomic E-state index is 0.438. The first-order valence-corrected chi connectivity index (χ1v) is 10.7. The molecule has 0 bridgehead atoms. The average Bonchev–Trinajstić information content (AvgIpc) is 3.33. The maximum atomic E-state index is 5.88. The van der Waals surface area contributed by atoms with Crippen molar-refractivity contribution in [1.29, 1.82) is 0 Å². The predicted molar refractivity (Wildman–Crippen MR) is 112 cm³/mol. The number of rotatable bonds is 7. The molecule has 0 fully saturated rings. The number of pyridine rings is 1. The Balaban J connectivity index is 1.35. The standard InChI is InChI=1S/C19H16ClN5OS2/c1-25-18(13-6-8-21-9-7-13)23-24-19(25)28-12-15-11-27-17(22-15)10-26-16-4-2-14(20)3-5-16/h2-9,11H,10,12H2,1H3. The Hall–Kier alpha value is -2.42. The zero-order valence-electron chi connectivity index (χ0n) is 14.9. The molecule has 6 nitrogen and oxygen atoms in total. The molecule has 4 rings (SSSR count). The smallest absolute Gasteiger partial charge is 0.191 e. The van der Waals surface area contributed by atoms with Gasteiger partial charge in [0.1, 0.15) is 17.4 Å². The van der Waals surface area contributed by atoms with Gasteiger partial charge in [0.25, 0.3) is 0 Å². The number of hydrogen-bond acceptors (Lipinski definition) is 7. The van der Waals surface area contributed by atoms with Crippen LogP contribution in [-0.2, 0) is 19.4 Å². The fourth-order valence-electron chi connectivity index (χ4n) is 2.49. The highest BCUT2D eigenvalue weighted by Crippen LogP contribution is 2.26. The molecule has 4 aromatic rings. The monoisotopic (exact) mass is 429 g/mol. The van der Waals surface area contributed by atoms with Gasteiger partial charge in [-0.1, -0.05) is 23.4 Å². The van der Waals surface area contributed by atoms with E-state index < -0.39 is 0 Å². The van der Waals surface area contributed by atoms with Crippen LogP contribution in [0.3, 0.4) is 0 Å². The van der Waals surface area contributed by atoms with E-state index in [1.807, 2.05) is 53.4 Å². The van der Waals surface area contributed by atoms with Crippen LogP contribution in [0.15, 0.2) is 59.3 Å². The van der Waals surface area contributed by atoms with Crippen LogP contribution < -0.4 is 4.74 Å². The molecule has 0 atom stereocenters. The molecule has 3 heterocycles. The molecule has 0 spiro atoms. The molecule has 1 aromatic carbocycles. The lowest BCUT2D eigenvalue weighted by Crippen LogP contribution is -1.96. The molecular weight excluding hydrogens is 414 g/mol. The zero-order valence-corrected chi connectivity index (χ0v) is 17.3. The molecule has 0 unspecified atom stereocenters. The van der Waals surface area contributed by atoms with E-state index in [2.05, 4.69) is 20.2 Å². The summed E-state index contributed by atoms with van der Waals surface area (Å²) in [5.41, 5.74) is 1.99. The van der Waals surface area contributed by atoms with E-state index in [1.54, 1.807) is 35.5 Å². The first-order chi connectivity index (χ1) is 13.7. The Morgan fingerprint density at radius 3 is 2.68 bits per heavy atom. The van der Waals surface area contributed by atoms with Crippen LogP contribution in [-0.4, -0.2) is 24.7 Å². The van der Waals surface area contributed by atoms with Gasteiger partial charge in [-0.05, 0) is 36.4 Å². The van der Waals surface area contributed by atoms with Crippen molar-refractivity contribution in [3.8, 4) is 17.1 Å². The Morgan fingerprint density at radius 2 is 1.89 bits per heavy atom. The summed E-state index contributed by atoms with van der Waals surface area (Å²) in [6, 6.07) is 11.2. The number of thioether (sulfide) groups is 1. The fraction of sp³-hybridized carbons (Fsp3) is 0.158. The molecule has 0 amide bonds. The van der Waals surface area contributed by atoms with Crippen molar-refractivity contribution < 1.29 is 4.74 Å². The summed E-state index contributed by atoms with van der Waals surface area (Å²) in [4.78, 5) is 8.67. The third kappa shape index (κ3) is 4.52. The molecule has 0 aliphatic carbocycles. The number of nitrogens with zero attached hydrogens (tertiary/aromatic N) is 5. The highest BCUT2D eigenvalue weighted by Gasteiger charge is 2.12. The summed E-state index contributed by atoms with van der Waals surface area (Å²) in [5, 5.41) is 13.1. The Kier molecular flexibility index (Phi) is 5.90. The summed E-state index contributed by atoms with van der Waals surface area (Å²) in [6.07, 6.45) is 3.50. The Labute approximate surface area is 175 Å². The molecule has 0 radical (unpaired) electrons. The Morgan fingerprint density at radius 1 is 1.11 bits per heavy atom. The molecule has 0 N–H and O–H groups in total. The van der Waals surface area contributed by atoms with Gasteiger partial charge < -0.3 is 9.30 Å². The third-order valence-corrected chi connectivity index (χ3v) is 6.07. The van der Waals surface area contributed by atoms with E-state index in [-0.39, 0.29) is 0 Å². The van der Waals surface area contributed by atoms with E-state index in [9.17, 15) is 0 Å². The number of thiazole rings is 1. The van der Waals surface area contributed by atoms with Gasteiger partial charge in [-0.15, -0.1) is 21.5 Å². The second-order valence-corrected chi connectivity index (χ2v) is 8.19. The van der Waals surface area contributed by atoms with E-state index >= 15 is 0 Å². The average molecular weight is 430 g/mol. The van der Waals surface area contributed by atoms with Crippen LogP contribution in [0, 0.1) is 0 Å². The van der Waals surface area contributed by atoms with Gasteiger partial charge >= 0.3 is 0 Å². The molecule has 0 aliphatic heterocycles. The van der Waals surface area contributed by atoms with Crippen molar-refractivity contribution in [2.24, 2.45) is 7.05 Å². The van der Waals surface area contributed by atoms with Crippen LogP contribution in [0.2, 0.25) is 5.02 Å². The van der Waals surface area contributed by atoms with Crippen molar-refractivity contribution in [1.82, 2.24) is 24.7 Å². The van der Waals surface area contributed by atoms with Crippen LogP contribution in [0.25, 0.3) is 11.4 Å². The van der Waals surface area contributed by atoms with Crippen molar-refractivity contribution in [3.05, 3.63) is 69.9 Å². The largest absolute Gasteiger partial charge is 0.486 e. The van der Waals surface area contributed by atoms with E-state index in [4.69, 9.17) is 16.3 Å². The van der Waals surface area contributed by atoms with E-state index in [0.29, 0.717) is 11.6 Å². The van der Waals surface area contributed by atoms with Gasteiger partial charge in [0.15, 0.2) is 11.0 Å². The number of halogens is 1. The van der Waals surface area contributed by atoms with E-state index in [0.717, 1.165) is 38.7 Å². The second-order valence-electron chi connectivity index (χ2n) is 5.86. The Bertz CT molecular complexity index is 1050. The van der Waals surface area contributed by atoms with Crippen molar-refractivity contribution in [2.45, 2.75) is 17.5 Å². The summed E-state index contributed by atoms with van der Waals surface area (Å²) in [7, 11) is 1.96. The first-order valence-electron chi connectivity index (χ1n) is 8.43. The maximum absolute atomic E-state index is 5.88. The topological polar surface area (TPSA) is 65.7 Å². The number of aromatic nitrogens is 5. The molecule has 0 saturated carbocycles. The highest BCUT2D eigenvalue weighted by atomic mass is 35.5. The molecule has 142 valence electrons. The summed E-state index contributed by atoms with van der Waals surface area (Å²) >= 11 is 9.08. The predicted octanol–water partition coefficient (Wildman–Crippen LogP) is 4.86. The lowest BCUT2D eigenvalue weighted by Gasteiger charge is -2.03. The molecule has 0 saturated heterocycles. The van der Waals surface area contributed by atoms with Crippen LogP contribution in [0.4, 0.5) is 0 Å². The molecule has 0 aliphatic rings. The molecular formula is C19H16ClN5OS2. The van der Waals surface area contributed by atoms with Crippen molar-refractivity contribution in [2.75, 3.05) is 0 Å². The molecule has 3 aromatic heterocycles. The third-order valence-electron chi connectivity index (χ3n) is 3.90. The minimum Gasteiger partial charge on any atom is -0.486 e. The van der Waals surface area contributed by atoms with Crippen LogP contribution in [0.1, 0.15) is 10.7 Å². The SMILES string of the molecule is Cn1c(SCc2csc(COc3ccc(Cl)cc3)n2)nnc1-c1ccncc1. The number of ether oxygens (including phenoxy) is 1. The van der Waals surface area contributed by atoms with Crippen LogP contribution >= 0.6 is 34.7 Å². The van der Waals surface area contributed by atoms with Gasteiger partial charge in [-0.25, -0.2) is 4.98 Å². The highest BCUT2D eigenvalue weighted by molar-refractivity contribution is 7.98. The first kappa shape index (κ1) is 18.9. The summed E-state index contributed by atoms with van der Waals surface area (Å²) in [5.74, 6) is 2.32. The normalized spacial score (nSPS) is 10.9. The van der Waals surface area contributed by atoms with Crippen molar-refractivity contribution >= 4 is 34.7 Å². The summed E-state index contributed by atoms with van der Waals surface area (Å²) in [6.45, 7) is 0.438. The van der Waals surface area contributed by atoms with Gasteiger partial charge in [-0.2, -0.15) is 0 Å². The second kappa shape index (κ2) is 8.72. The van der Waals surface area contributed by atoms with E-state index in [1.165, 1.54) is 0 Å².